The van der Waals surface area contributed by atoms with Gasteiger partial charge < -0.3 is 9.47 Å². The molecule has 2 heterocycles. The Balaban J connectivity index is 1.68. The molecule has 1 aromatic heterocycles. The lowest BCUT2D eigenvalue weighted by Crippen LogP contribution is -2.20. The first-order valence-corrected chi connectivity index (χ1v) is 7.47. The highest BCUT2D eigenvalue weighted by atomic mass is 19.4. The number of ether oxygens (including phenoxy) is 2. The largest absolute Gasteiger partial charge is 0.481 e. The molecule has 4 nitrogen and oxygen atoms in total. The number of hydrogen-bond donors (Lipinski definition) is 0. The Kier molecular flexibility index (Phi) is 4.62. The van der Waals surface area contributed by atoms with E-state index in [1.807, 2.05) is 12.1 Å². The van der Waals surface area contributed by atoms with E-state index in [-0.39, 0.29) is 11.8 Å². The van der Waals surface area contributed by atoms with Crippen molar-refractivity contribution < 1.29 is 22.6 Å². The number of halogens is 3. The minimum Gasteiger partial charge on any atom is -0.481 e. The molecule has 3 rings (SSSR count). The Morgan fingerprint density at radius 2 is 1.75 bits per heavy atom. The predicted molar refractivity (Wildman–Crippen MR) is 81.7 cm³/mol. The fourth-order valence-electron chi connectivity index (χ4n) is 2.74. The van der Waals surface area contributed by atoms with Crippen molar-refractivity contribution in [2.45, 2.75) is 25.8 Å². The van der Waals surface area contributed by atoms with E-state index in [0.29, 0.717) is 6.54 Å². The van der Waals surface area contributed by atoms with Gasteiger partial charge in [-0.25, -0.2) is 0 Å². The van der Waals surface area contributed by atoms with E-state index >= 15 is 0 Å². The number of hydrogen-bond acceptors (Lipinski definition) is 4. The van der Waals surface area contributed by atoms with Crippen molar-refractivity contribution >= 4 is 0 Å². The molecule has 0 N–H and O–H groups in total. The minimum absolute atomic E-state index is 0.0994. The second kappa shape index (κ2) is 6.68. The van der Waals surface area contributed by atoms with E-state index in [4.69, 9.17) is 4.74 Å². The molecule has 0 aliphatic carbocycles. The van der Waals surface area contributed by atoms with Crippen molar-refractivity contribution in [3.8, 4) is 11.8 Å². The Morgan fingerprint density at radius 1 is 1.08 bits per heavy atom. The summed E-state index contributed by atoms with van der Waals surface area (Å²) in [4.78, 5) is 6.24. The van der Waals surface area contributed by atoms with Gasteiger partial charge in [0.25, 0.3) is 0 Å². The molecule has 0 amide bonds. The molecule has 0 unspecified atom stereocenters. The van der Waals surface area contributed by atoms with Gasteiger partial charge in [0.05, 0.1) is 7.11 Å². The molecular formula is C17H17F3N2O2. The summed E-state index contributed by atoms with van der Waals surface area (Å²) in [7, 11) is 1.44. The summed E-state index contributed by atoms with van der Waals surface area (Å²) < 4.78 is 46.5. The first-order valence-electron chi connectivity index (χ1n) is 7.47. The van der Waals surface area contributed by atoms with E-state index in [0.717, 1.165) is 18.7 Å². The summed E-state index contributed by atoms with van der Waals surface area (Å²) in [6, 6.07) is 11.3. The second-order valence-electron chi connectivity index (χ2n) is 5.64. The van der Waals surface area contributed by atoms with Gasteiger partial charge in [0, 0.05) is 31.3 Å². The molecule has 7 heteroatoms. The molecule has 0 atom stereocenters. The molecular weight excluding hydrogens is 321 g/mol. The van der Waals surface area contributed by atoms with Crippen molar-refractivity contribution in [3.63, 3.8) is 0 Å². The van der Waals surface area contributed by atoms with E-state index in [9.17, 15) is 13.2 Å². The van der Waals surface area contributed by atoms with Crippen LogP contribution in [0.3, 0.4) is 0 Å². The van der Waals surface area contributed by atoms with Crippen LogP contribution in [0.2, 0.25) is 0 Å². The van der Waals surface area contributed by atoms with Gasteiger partial charge in [-0.05, 0) is 17.2 Å². The van der Waals surface area contributed by atoms with E-state index in [1.165, 1.54) is 24.3 Å². The highest BCUT2D eigenvalue weighted by Crippen LogP contribution is 2.28. The average Bonchev–Trinajstić information content (AvgIpc) is 2.95. The summed E-state index contributed by atoms with van der Waals surface area (Å²) >= 11 is 0. The minimum atomic E-state index is -4.39. The van der Waals surface area contributed by atoms with Gasteiger partial charge in [-0.15, -0.1) is 0 Å². The van der Waals surface area contributed by atoms with Crippen LogP contribution in [-0.2, 0) is 19.6 Å². The molecule has 0 saturated carbocycles. The number of aromatic nitrogens is 1. The third kappa shape index (κ3) is 3.97. The highest BCUT2D eigenvalue weighted by molar-refractivity contribution is 5.33. The third-order valence-electron chi connectivity index (χ3n) is 3.79. The van der Waals surface area contributed by atoms with Crippen LogP contribution in [0.5, 0.6) is 11.8 Å². The lowest BCUT2D eigenvalue weighted by molar-refractivity contribution is -0.154. The maximum absolute atomic E-state index is 12.2. The molecule has 1 aliphatic heterocycles. The fourth-order valence-corrected chi connectivity index (χ4v) is 2.74. The van der Waals surface area contributed by atoms with Gasteiger partial charge in [0.1, 0.15) is 0 Å². The summed E-state index contributed by atoms with van der Waals surface area (Å²) in [6.45, 7) is 0.881. The van der Waals surface area contributed by atoms with Gasteiger partial charge >= 0.3 is 6.18 Å². The topological polar surface area (TPSA) is 34.6 Å². The first kappa shape index (κ1) is 16.6. The molecule has 1 aliphatic rings. The van der Waals surface area contributed by atoms with Gasteiger partial charge in [0.2, 0.25) is 11.8 Å². The normalized spacial score (nSPS) is 14.5. The lowest BCUT2D eigenvalue weighted by atomic mass is 10.1. The monoisotopic (exact) mass is 338 g/mol. The standard InChI is InChI=1S/C17H17F3N2O2/c1-23-16-14(6-7-15(21-16)24-11-17(18,19)20)10-22-8-12-4-2-3-5-13(12)9-22/h2-7H,8-11H2,1H3. The van der Waals surface area contributed by atoms with Crippen LogP contribution in [-0.4, -0.2) is 29.8 Å². The summed E-state index contributed by atoms with van der Waals surface area (Å²) in [5, 5.41) is 0. The lowest BCUT2D eigenvalue weighted by Gasteiger charge is -2.17. The molecule has 128 valence electrons. The number of nitrogens with zero attached hydrogens (tertiary/aromatic N) is 2. The van der Waals surface area contributed by atoms with Crippen LogP contribution in [0.15, 0.2) is 36.4 Å². The highest BCUT2D eigenvalue weighted by Gasteiger charge is 2.29. The molecule has 0 fully saturated rings. The van der Waals surface area contributed by atoms with Crippen molar-refractivity contribution in [1.82, 2.24) is 9.88 Å². The molecule has 0 bridgehead atoms. The molecule has 24 heavy (non-hydrogen) atoms. The molecule has 0 spiro atoms. The summed E-state index contributed by atoms with van der Waals surface area (Å²) in [5.41, 5.74) is 3.38. The van der Waals surface area contributed by atoms with Crippen LogP contribution in [0.1, 0.15) is 16.7 Å². The summed E-state index contributed by atoms with van der Waals surface area (Å²) in [6.07, 6.45) is -4.39. The fraction of sp³-hybridized carbons (Fsp3) is 0.353. The smallest absolute Gasteiger partial charge is 0.422 e. The Hall–Kier alpha value is -2.28. The SMILES string of the molecule is COc1nc(OCC(F)(F)F)ccc1CN1Cc2ccccc2C1. The van der Waals surface area contributed by atoms with Gasteiger partial charge in [0.15, 0.2) is 6.61 Å². The Morgan fingerprint density at radius 3 is 2.33 bits per heavy atom. The van der Waals surface area contributed by atoms with Crippen molar-refractivity contribution in [2.24, 2.45) is 0 Å². The molecule has 2 aromatic rings. The van der Waals surface area contributed by atoms with Gasteiger partial charge in [-0.1, -0.05) is 24.3 Å². The van der Waals surface area contributed by atoms with Crippen molar-refractivity contribution in [3.05, 3.63) is 53.1 Å². The zero-order valence-electron chi connectivity index (χ0n) is 13.1. The zero-order valence-corrected chi connectivity index (χ0v) is 13.1. The Bertz CT molecular complexity index is 694. The maximum Gasteiger partial charge on any atom is 0.422 e. The third-order valence-corrected chi connectivity index (χ3v) is 3.79. The van der Waals surface area contributed by atoms with Crippen molar-refractivity contribution in [2.75, 3.05) is 13.7 Å². The molecule has 0 saturated heterocycles. The number of pyridine rings is 1. The Labute approximate surface area is 137 Å². The average molecular weight is 338 g/mol. The first-order chi connectivity index (χ1) is 11.4. The number of fused-ring (bicyclic) bond motifs is 1. The van der Waals surface area contributed by atoms with E-state index in [1.54, 1.807) is 6.07 Å². The number of rotatable bonds is 5. The van der Waals surface area contributed by atoms with E-state index < -0.39 is 12.8 Å². The quantitative estimate of drug-likeness (QED) is 0.835. The van der Waals surface area contributed by atoms with Crippen LogP contribution >= 0.6 is 0 Å². The number of benzene rings is 1. The van der Waals surface area contributed by atoms with Crippen LogP contribution in [0, 0.1) is 0 Å². The zero-order chi connectivity index (χ0) is 17.2. The summed E-state index contributed by atoms with van der Waals surface area (Å²) in [5.74, 6) is 0.184. The van der Waals surface area contributed by atoms with Gasteiger partial charge in [-0.2, -0.15) is 18.2 Å². The van der Waals surface area contributed by atoms with Crippen molar-refractivity contribution in [1.29, 1.82) is 0 Å². The van der Waals surface area contributed by atoms with Crippen LogP contribution < -0.4 is 9.47 Å². The van der Waals surface area contributed by atoms with Crippen LogP contribution in [0.25, 0.3) is 0 Å². The second-order valence-corrected chi connectivity index (χ2v) is 5.64. The number of methoxy groups -OCH3 is 1. The van der Waals surface area contributed by atoms with Gasteiger partial charge in [-0.3, -0.25) is 4.90 Å². The molecule has 0 radical (unpaired) electrons. The van der Waals surface area contributed by atoms with Crippen LogP contribution in [0.4, 0.5) is 13.2 Å². The molecule has 1 aromatic carbocycles. The maximum atomic E-state index is 12.2. The number of alkyl halides is 3. The predicted octanol–water partition coefficient (Wildman–Crippen LogP) is 3.55. The van der Waals surface area contributed by atoms with E-state index in [2.05, 4.69) is 26.8 Å².